The summed E-state index contributed by atoms with van der Waals surface area (Å²) >= 11 is 0. The Labute approximate surface area is 99.7 Å². The maximum atomic E-state index is 12.9. The predicted octanol–water partition coefficient (Wildman–Crippen LogP) is 1.18. The fraction of sp³-hybridized carbons (Fsp3) is 0.455. The lowest BCUT2D eigenvalue weighted by Gasteiger charge is -2.24. The van der Waals surface area contributed by atoms with Crippen LogP contribution in [0.4, 0.5) is 4.39 Å². The van der Waals surface area contributed by atoms with E-state index >= 15 is 0 Å². The van der Waals surface area contributed by atoms with Crippen molar-refractivity contribution >= 4 is 5.84 Å². The number of amidine groups is 1. The van der Waals surface area contributed by atoms with Crippen LogP contribution in [0.1, 0.15) is 18.9 Å². The van der Waals surface area contributed by atoms with Crippen molar-refractivity contribution in [2.45, 2.75) is 25.9 Å². The Hall–Kier alpha value is -1.69. The van der Waals surface area contributed by atoms with Crippen LogP contribution in [0.5, 0.6) is 0 Å². The summed E-state index contributed by atoms with van der Waals surface area (Å²) in [5, 5.41) is 11.4. The van der Waals surface area contributed by atoms with Gasteiger partial charge in [0.1, 0.15) is 11.7 Å². The van der Waals surface area contributed by atoms with Crippen LogP contribution >= 0.6 is 0 Å². The van der Waals surface area contributed by atoms with E-state index in [1.165, 1.54) is 12.3 Å². The molecule has 0 saturated carbocycles. The monoisotopic (exact) mass is 240 g/mol. The SMILES string of the molecule is CC(C/C(N)=N/O)N(C)Cc1cncc(F)c1. The van der Waals surface area contributed by atoms with E-state index in [0.717, 1.165) is 5.56 Å². The van der Waals surface area contributed by atoms with Crippen molar-refractivity contribution in [3.63, 3.8) is 0 Å². The molecule has 0 saturated heterocycles. The normalized spacial score (nSPS) is 14.0. The third kappa shape index (κ3) is 4.36. The summed E-state index contributed by atoms with van der Waals surface area (Å²) in [5.74, 6) is -0.165. The van der Waals surface area contributed by atoms with Crippen LogP contribution in [0.2, 0.25) is 0 Å². The fourth-order valence-corrected chi connectivity index (χ4v) is 1.49. The highest BCUT2D eigenvalue weighted by atomic mass is 19.1. The Morgan fingerprint density at radius 2 is 2.35 bits per heavy atom. The summed E-state index contributed by atoms with van der Waals surface area (Å²) in [6, 6.07) is 1.54. The van der Waals surface area contributed by atoms with Gasteiger partial charge >= 0.3 is 0 Å². The van der Waals surface area contributed by atoms with Gasteiger partial charge in [-0.2, -0.15) is 0 Å². The van der Waals surface area contributed by atoms with Crippen molar-refractivity contribution in [2.75, 3.05) is 7.05 Å². The molecule has 0 aliphatic rings. The number of pyridine rings is 1. The van der Waals surface area contributed by atoms with Gasteiger partial charge in [0.15, 0.2) is 0 Å². The number of nitrogens with two attached hydrogens (primary N) is 1. The van der Waals surface area contributed by atoms with Gasteiger partial charge < -0.3 is 10.9 Å². The van der Waals surface area contributed by atoms with E-state index in [1.807, 2.05) is 18.9 Å². The van der Waals surface area contributed by atoms with E-state index in [4.69, 9.17) is 10.9 Å². The first-order valence-electron chi connectivity index (χ1n) is 5.29. The van der Waals surface area contributed by atoms with Crippen LogP contribution in [-0.4, -0.2) is 34.0 Å². The van der Waals surface area contributed by atoms with Crippen LogP contribution in [0.25, 0.3) is 0 Å². The zero-order valence-electron chi connectivity index (χ0n) is 9.97. The Kier molecular flexibility index (Phi) is 4.84. The summed E-state index contributed by atoms with van der Waals surface area (Å²) < 4.78 is 12.9. The second-order valence-corrected chi connectivity index (χ2v) is 4.07. The standard InChI is InChI=1S/C11H17FN4O/c1-8(3-11(13)15-17)16(2)7-9-4-10(12)6-14-5-9/h4-6,8,17H,3,7H2,1-2H3,(H2,13,15). The molecule has 17 heavy (non-hydrogen) atoms. The van der Waals surface area contributed by atoms with E-state index in [9.17, 15) is 4.39 Å². The largest absolute Gasteiger partial charge is 0.409 e. The molecule has 1 unspecified atom stereocenters. The third-order valence-electron chi connectivity index (χ3n) is 2.58. The molecule has 0 aromatic carbocycles. The van der Waals surface area contributed by atoms with E-state index < -0.39 is 0 Å². The van der Waals surface area contributed by atoms with Gasteiger partial charge in [-0.1, -0.05) is 5.16 Å². The second kappa shape index (κ2) is 6.15. The van der Waals surface area contributed by atoms with Crippen molar-refractivity contribution in [1.82, 2.24) is 9.88 Å². The van der Waals surface area contributed by atoms with Gasteiger partial charge in [-0.3, -0.25) is 9.88 Å². The Morgan fingerprint density at radius 3 is 2.94 bits per heavy atom. The van der Waals surface area contributed by atoms with Crippen LogP contribution in [0.3, 0.4) is 0 Å². The van der Waals surface area contributed by atoms with Gasteiger partial charge in [-0.05, 0) is 25.6 Å². The van der Waals surface area contributed by atoms with Gasteiger partial charge in [-0.15, -0.1) is 0 Å². The summed E-state index contributed by atoms with van der Waals surface area (Å²) in [6.45, 7) is 2.51. The molecule has 1 heterocycles. The maximum absolute atomic E-state index is 12.9. The molecule has 6 heteroatoms. The van der Waals surface area contributed by atoms with Gasteiger partial charge in [0, 0.05) is 25.2 Å². The second-order valence-electron chi connectivity index (χ2n) is 4.07. The lowest BCUT2D eigenvalue weighted by atomic mass is 10.1. The zero-order chi connectivity index (χ0) is 12.8. The zero-order valence-corrected chi connectivity index (χ0v) is 9.97. The molecule has 1 aromatic rings. The van der Waals surface area contributed by atoms with Crippen LogP contribution in [0.15, 0.2) is 23.6 Å². The topological polar surface area (TPSA) is 74.7 Å². The van der Waals surface area contributed by atoms with Crippen molar-refractivity contribution < 1.29 is 9.60 Å². The number of rotatable bonds is 5. The molecule has 1 aromatic heterocycles. The van der Waals surface area contributed by atoms with Crippen molar-refractivity contribution in [2.24, 2.45) is 10.9 Å². The van der Waals surface area contributed by atoms with Crippen LogP contribution in [0, 0.1) is 5.82 Å². The highest BCUT2D eigenvalue weighted by Gasteiger charge is 2.12. The minimum atomic E-state index is -0.347. The van der Waals surface area contributed by atoms with Gasteiger partial charge in [-0.25, -0.2) is 4.39 Å². The molecule has 0 aliphatic heterocycles. The molecular weight excluding hydrogens is 223 g/mol. The average Bonchev–Trinajstić information content (AvgIpc) is 2.28. The number of nitrogens with zero attached hydrogens (tertiary/aromatic N) is 3. The highest BCUT2D eigenvalue weighted by molar-refractivity contribution is 5.80. The molecule has 0 amide bonds. The number of aromatic nitrogens is 1. The maximum Gasteiger partial charge on any atom is 0.141 e. The first kappa shape index (κ1) is 13.4. The molecule has 3 N–H and O–H groups in total. The average molecular weight is 240 g/mol. The minimum Gasteiger partial charge on any atom is -0.409 e. The Bertz CT molecular complexity index is 397. The van der Waals surface area contributed by atoms with Gasteiger partial charge in [0.2, 0.25) is 0 Å². The van der Waals surface area contributed by atoms with Gasteiger partial charge in [0.05, 0.1) is 6.20 Å². The van der Waals surface area contributed by atoms with E-state index in [2.05, 4.69) is 10.1 Å². The molecule has 0 fully saturated rings. The lowest BCUT2D eigenvalue weighted by molar-refractivity contribution is 0.250. The first-order chi connectivity index (χ1) is 8.02. The third-order valence-corrected chi connectivity index (χ3v) is 2.58. The molecule has 0 spiro atoms. The summed E-state index contributed by atoms with van der Waals surface area (Å²) in [5.41, 5.74) is 6.22. The summed E-state index contributed by atoms with van der Waals surface area (Å²) in [6.07, 6.45) is 3.24. The van der Waals surface area contributed by atoms with E-state index in [1.54, 1.807) is 6.20 Å². The van der Waals surface area contributed by atoms with Crippen molar-refractivity contribution in [3.05, 3.63) is 29.8 Å². The Balaban J connectivity index is 2.56. The Morgan fingerprint density at radius 1 is 1.65 bits per heavy atom. The van der Waals surface area contributed by atoms with Crippen LogP contribution in [-0.2, 0) is 6.54 Å². The number of oxime groups is 1. The quantitative estimate of drug-likeness (QED) is 0.351. The molecule has 1 rings (SSSR count). The summed E-state index contributed by atoms with van der Waals surface area (Å²) in [4.78, 5) is 5.76. The summed E-state index contributed by atoms with van der Waals surface area (Å²) in [7, 11) is 1.89. The van der Waals surface area contributed by atoms with Crippen LogP contribution < -0.4 is 5.73 Å². The minimum absolute atomic E-state index is 0.0918. The fourth-order valence-electron chi connectivity index (χ4n) is 1.49. The molecular formula is C11H17FN4O. The number of halogens is 1. The smallest absolute Gasteiger partial charge is 0.141 e. The molecule has 0 bridgehead atoms. The van der Waals surface area contributed by atoms with Gasteiger partial charge in [0.25, 0.3) is 0 Å². The predicted molar refractivity (Wildman–Crippen MR) is 63.1 cm³/mol. The van der Waals surface area contributed by atoms with E-state index in [-0.39, 0.29) is 17.7 Å². The van der Waals surface area contributed by atoms with Crippen molar-refractivity contribution in [3.8, 4) is 0 Å². The first-order valence-corrected chi connectivity index (χ1v) is 5.29. The molecule has 94 valence electrons. The molecule has 1 atom stereocenters. The van der Waals surface area contributed by atoms with Crippen molar-refractivity contribution in [1.29, 1.82) is 0 Å². The number of hydrogen-bond donors (Lipinski definition) is 2. The molecule has 0 aliphatic carbocycles. The number of hydrogen-bond acceptors (Lipinski definition) is 4. The molecule has 0 radical (unpaired) electrons. The highest BCUT2D eigenvalue weighted by Crippen LogP contribution is 2.08. The lowest BCUT2D eigenvalue weighted by Crippen LogP contribution is -2.32. The van der Waals surface area contributed by atoms with E-state index in [0.29, 0.717) is 13.0 Å². The molecule has 5 nitrogen and oxygen atoms in total.